The SMILES string of the molecule is CC(C)C[C@H](CO)N1C(=O)[C@@H]2[C@H]3C(=O)OCC=C[C@@]3(C)O[C@@]23C=CCN(C(C)(C)CC(C)(C)C)C(=O)C13. The van der Waals surface area contributed by atoms with Gasteiger partial charge in [0.1, 0.15) is 24.2 Å². The lowest BCUT2D eigenvalue weighted by atomic mass is 9.74. The van der Waals surface area contributed by atoms with Gasteiger partial charge in [0.25, 0.3) is 0 Å². The quantitative estimate of drug-likeness (QED) is 0.431. The fourth-order valence-electron chi connectivity index (χ4n) is 7.45. The van der Waals surface area contributed by atoms with E-state index >= 15 is 0 Å². The third kappa shape index (κ3) is 4.54. The van der Waals surface area contributed by atoms with Crippen molar-refractivity contribution < 1.29 is 29.0 Å². The van der Waals surface area contributed by atoms with Gasteiger partial charge in [0.05, 0.1) is 24.2 Å². The van der Waals surface area contributed by atoms with Crippen molar-refractivity contribution in [3.8, 4) is 0 Å². The monoisotopic (exact) mass is 516 g/mol. The number of fused-ring (bicyclic) bond motifs is 2. The van der Waals surface area contributed by atoms with E-state index in [1.54, 1.807) is 24.0 Å². The molecule has 1 unspecified atom stereocenters. The number of carbonyl (C=O) groups is 3. The minimum Gasteiger partial charge on any atom is -0.461 e. The number of ether oxygens (including phenoxy) is 2. The Hall–Kier alpha value is -2.19. The molecule has 4 aliphatic rings. The number of carbonyl (C=O) groups excluding carboxylic acids is 3. The molecule has 0 saturated carbocycles. The number of aliphatic hydroxyl groups is 1. The zero-order valence-electron chi connectivity index (χ0n) is 23.6. The number of rotatable bonds is 6. The number of nitrogens with zero attached hydrogens (tertiary/aromatic N) is 2. The predicted octanol–water partition coefficient (Wildman–Crippen LogP) is 3.09. The van der Waals surface area contributed by atoms with Gasteiger partial charge in [-0.1, -0.05) is 52.8 Å². The van der Waals surface area contributed by atoms with Crippen LogP contribution in [0.25, 0.3) is 0 Å². The van der Waals surface area contributed by atoms with Crippen molar-refractivity contribution in [1.82, 2.24) is 9.80 Å². The number of amides is 2. The van der Waals surface area contributed by atoms with Crippen LogP contribution in [0.2, 0.25) is 0 Å². The summed E-state index contributed by atoms with van der Waals surface area (Å²) in [5.74, 6) is -2.68. The summed E-state index contributed by atoms with van der Waals surface area (Å²) in [6, 6.07) is -1.57. The molecule has 37 heavy (non-hydrogen) atoms. The zero-order valence-corrected chi connectivity index (χ0v) is 23.6. The number of cyclic esters (lactones) is 1. The molecule has 8 nitrogen and oxygen atoms in total. The predicted molar refractivity (Wildman–Crippen MR) is 139 cm³/mol. The van der Waals surface area contributed by atoms with Crippen LogP contribution in [-0.4, -0.2) is 81.3 Å². The molecular formula is C29H44N2O6. The molecule has 2 amide bonds. The number of aliphatic hydroxyl groups excluding tert-OH is 1. The van der Waals surface area contributed by atoms with E-state index in [4.69, 9.17) is 9.47 Å². The summed E-state index contributed by atoms with van der Waals surface area (Å²) in [7, 11) is 0. The first-order valence-electron chi connectivity index (χ1n) is 13.5. The summed E-state index contributed by atoms with van der Waals surface area (Å²) in [5, 5.41) is 10.4. The van der Waals surface area contributed by atoms with Gasteiger partial charge in [-0.3, -0.25) is 14.4 Å². The van der Waals surface area contributed by atoms with Gasteiger partial charge in [0.2, 0.25) is 11.8 Å². The smallest absolute Gasteiger partial charge is 0.313 e. The summed E-state index contributed by atoms with van der Waals surface area (Å²) >= 11 is 0. The van der Waals surface area contributed by atoms with Gasteiger partial charge in [-0.15, -0.1) is 0 Å². The highest BCUT2D eigenvalue weighted by molar-refractivity contribution is 5.99. The molecule has 4 rings (SSSR count). The van der Waals surface area contributed by atoms with Gasteiger partial charge in [-0.05, 0) is 51.0 Å². The number of hydrogen-bond acceptors (Lipinski definition) is 6. The molecule has 6 atom stereocenters. The van der Waals surface area contributed by atoms with E-state index in [0.29, 0.717) is 13.0 Å². The molecule has 206 valence electrons. The van der Waals surface area contributed by atoms with Crippen LogP contribution in [0.15, 0.2) is 24.3 Å². The van der Waals surface area contributed by atoms with Crippen LogP contribution in [0.5, 0.6) is 0 Å². The molecule has 0 aromatic heterocycles. The van der Waals surface area contributed by atoms with Gasteiger partial charge >= 0.3 is 5.97 Å². The van der Waals surface area contributed by atoms with Gasteiger partial charge in [-0.2, -0.15) is 0 Å². The third-order valence-corrected chi connectivity index (χ3v) is 8.29. The maximum Gasteiger partial charge on any atom is 0.313 e. The van der Waals surface area contributed by atoms with Crippen LogP contribution in [0.3, 0.4) is 0 Å². The molecule has 8 heteroatoms. The standard InChI is InChI=1S/C29H44N2O6/c1-18(2)15-19(16-32)31-22-24(34)30(27(6,7)17-26(3,4)5)13-9-12-29(22)20(23(31)33)21-25(35)36-14-10-11-28(21,8)37-29/h9-12,18-22,32H,13-17H2,1-8H3/t19-,20+,21+,22?,28-,29+/m1/s1. The summed E-state index contributed by atoms with van der Waals surface area (Å²) in [6.07, 6.45) is 8.57. The van der Waals surface area contributed by atoms with Gasteiger partial charge in [0, 0.05) is 12.1 Å². The maximum atomic E-state index is 14.6. The van der Waals surface area contributed by atoms with Crippen LogP contribution < -0.4 is 0 Å². The molecule has 0 aliphatic carbocycles. The van der Waals surface area contributed by atoms with E-state index in [1.807, 2.05) is 30.9 Å². The van der Waals surface area contributed by atoms with E-state index in [-0.39, 0.29) is 36.4 Å². The summed E-state index contributed by atoms with van der Waals surface area (Å²) in [4.78, 5) is 45.6. The second-order valence-corrected chi connectivity index (χ2v) is 13.6. The number of likely N-dealkylation sites (tertiary alicyclic amines) is 1. The van der Waals surface area contributed by atoms with Crippen molar-refractivity contribution in [3.05, 3.63) is 24.3 Å². The summed E-state index contributed by atoms with van der Waals surface area (Å²) < 4.78 is 12.2. The molecule has 0 aromatic rings. The Labute approximate surface area is 221 Å². The minimum absolute atomic E-state index is 0.0322. The fourth-order valence-corrected chi connectivity index (χ4v) is 7.45. The Bertz CT molecular complexity index is 1010. The van der Waals surface area contributed by atoms with E-state index in [1.165, 1.54) is 0 Å². The van der Waals surface area contributed by atoms with Crippen molar-refractivity contribution >= 4 is 17.8 Å². The molecule has 4 heterocycles. The molecule has 1 N–H and O–H groups in total. The van der Waals surface area contributed by atoms with Crippen molar-refractivity contribution in [3.63, 3.8) is 0 Å². The topological polar surface area (TPSA) is 96.4 Å². The largest absolute Gasteiger partial charge is 0.461 e. The first-order chi connectivity index (χ1) is 17.1. The Morgan fingerprint density at radius 2 is 1.73 bits per heavy atom. The van der Waals surface area contributed by atoms with Gasteiger partial charge < -0.3 is 24.4 Å². The van der Waals surface area contributed by atoms with Gasteiger partial charge in [-0.25, -0.2) is 0 Å². The molecule has 2 fully saturated rings. The van der Waals surface area contributed by atoms with E-state index in [9.17, 15) is 19.5 Å². The molecule has 0 bridgehead atoms. The van der Waals surface area contributed by atoms with Crippen LogP contribution in [-0.2, 0) is 23.9 Å². The van der Waals surface area contributed by atoms with Crippen molar-refractivity contribution in [1.29, 1.82) is 0 Å². The van der Waals surface area contributed by atoms with Gasteiger partial charge in [0.15, 0.2) is 0 Å². The highest BCUT2D eigenvalue weighted by Crippen LogP contribution is 2.58. The minimum atomic E-state index is -1.34. The Morgan fingerprint density at radius 3 is 2.32 bits per heavy atom. The summed E-state index contributed by atoms with van der Waals surface area (Å²) in [6.45, 7) is 16.6. The average Bonchev–Trinajstić information content (AvgIpc) is 3.01. The van der Waals surface area contributed by atoms with Crippen LogP contribution in [0.4, 0.5) is 0 Å². The van der Waals surface area contributed by atoms with Crippen molar-refractivity contribution in [2.24, 2.45) is 23.2 Å². The number of esters is 1. The third-order valence-electron chi connectivity index (χ3n) is 8.29. The second kappa shape index (κ2) is 9.23. The van der Waals surface area contributed by atoms with Crippen molar-refractivity contribution in [2.45, 2.75) is 97.1 Å². The molecule has 0 radical (unpaired) electrons. The summed E-state index contributed by atoms with van der Waals surface area (Å²) in [5.41, 5.74) is -2.97. The normalized spacial score (nSPS) is 34.8. The fraction of sp³-hybridized carbons (Fsp3) is 0.759. The molecule has 1 spiro atoms. The Morgan fingerprint density at radius 1 is 1.05 bits per heavy atom. The molecular weight excluding hydrogens is 472 g/mol. The Balaban J connectivity index is 1.88. The maximum absolute atomic E-state index is 14.6. The van der Waals surface area contributed by atoms with Crippen LogP contribution in [0, 0.1) is 23.2 Å². The number of hydrogen-bond donors (Lipinski definition) is 1. The first kappa shape index (κ1) is 27.8. The van der Waals surface area contributed by atoms with E-state index < -0.39 is 46.6 Å². The highest BCUT2D eigenvalue weighted by atomic mass is 16.6. The zero-order chi connectivity index (χ0) is 27.6. The van der Waals surface area contributed by atoms with Crippen LogP contribution in [0.1, 0.15) is 68.2 Å². The van der Waals surface area contributed by atoms with Crippen LogP contribution >= 0.6 is 0 Å². The van der Waals surface area contributed by atoms with Crippen molar-refractivity contribution in [2.75, 3.05) is 19.8 Å². The lowest BCUT2D eigenvalue weighted by Crippen LogP contribution is -2.62. The van der Waals surface area contributed by atoms with E-state index in [2.05, 4.69) is 34.6 Å². The Kier molecular flexibility index (Phi) is 6.94. The lowest BCUT2D eigenvalue weighted by Gasteiger charge is -2.46. The lowest BCUT2D eigenvalue weighted by molar-refractivity contribution is -0.162. The van der Waals surface area contributed by atoms with E-state index in [0.717, 1.165) is 6.42 Å². The average molecular weight is 517 g/mol. The highest BCUT2D eigenvalue weighted by Gasteiger charge is 2.75. The molecule has 2 saturated heterocycles. The molecule has 0 aromatic carbocycles. The first-order valence-corrected chi connectivity index (χ1v) is 13.5. The second-order valence-electron chi connectivity index (χ2n) is 13.6. The molecule has 4 aliphatic heterocycles.